The first-order valence-electron chi connectivity index (χ1n) is 6.88. The van der Waals surface area contributed by atoms with E-state index >= 15 is 0 Å². The molecule has 104 valence electrons. The average Bonchev–Trinajstić information content (AvgIpc) is 2.96. The van der Waals surface area contributed by atoms with E-state index in [9.17, 15) is 4.79 Å². The van der Waals surface area contributed by atoms with Crippen LogP contribution in [0.25, 0.3) is 0 Å². The maximum absolute atomic E-state index is 10.6. The summed E-state index contributed by atoms with van der Waals surface area (Å²) in [5, 5.41) is 3.18. The van der Waals surface area contributed by atoms with Gasteiger partial charge in [0.05, 0.1) is 6.04 Å². The Hall–Kier alpha value is -1.22. The summed E-state index contributed by atoms with van der Waals surface area (Å²) in [5.41, 5.74) is 5.85. The van der Waals surface area contributed by atoms with Gasteiger partial charge in [-0.15, -0.1) is 0 Å². The normalized spacial score (nSPS) is 24.7. The van der Waals surface area contributed by atoms with E-state index in [1.807, 2.05) is 25.1 Å². The number of carbonyl (C=O) groups is 1. The van der Waals surface area contributed by atoms with Crippen molar-refractivity contribution in [2.75, 3.05) is 0 Å². The van der Waals surface area contributed by atoms with E-state index in [0.717, 1.165) is 5.56 Å². The molecule has 0 bridgehead atoms. The van der Waals surface area contributed by atoms with Gasteiger partial charge in [-0.05, 0) is 36.8 Å². The van der Waals surface area contributed by atoms with Crippen molar-refractivity contribution in [3.63, 3.8) is 0 Å². The summed E-state index contributed by atoms with van der Waals surface area (Å²) < 4.78 is 0. The molecule has 3 unspecified atom stereocenters. The van der Waals surface area contributed by atoms with Gasteiger partial charge in [0.25, 0.3) is 0 Å². The lowest BCUT2D eigenvalue weighted by Crippen LogP contribution is -2.31. The molecule has 19 heavy (non-hydrogen) atoms. The number of urea groups is 1. The van der Waals surface area contributed by atoms with E-state index in [1.54, 1.807) is 25.3 Å². The van der Waals surface area contributed by atoms with Crippen molar-refractivity contribution in [1.82, 2.24) is 5.32 Å². The van der Waals surface area contributed by atoms with Crippen molar-refractivity contribution in [2.45, 2.75) is 38.6 Å². The summed E-state index contributed by atoms with van der Waals surface area (Å²) in [7, 11) is 0. The highest BCUT2D eigenvalue weighted by atomic mass is 35.5. The van der Waals surface area contributed by atoms with Crippen LogP contribution in [0.15, 0.2) is 24.3 Å². The lowest BCUT2D eigenvalue weighted by Gasteiger charge is -2.13. The van der Waals surface area contributed by atoms with Gasteiger partial charge in [0, 0.05) is 5.02 Å². The summed E-state index contributed by atoms with van der Waals surface area (Å²) in [6.07, 6.45) is 6.24. The van der Waals surface area contributed by atoms with E-state index in [4.69, 9.17) is 17.3 Å². The monoisotopic (exact) mass is 280 g/mol. The fourth-order valence-electron chi connectivity index (χ4n) is 2.78. The number of rotatable bonds is 2. The number of hydrogen-bond acceptors (Lipinski definition) is 1. The van der Waals surface area contributed by atoms with Crippen LogP contribution < -0.4 is 11.1 Å². The number of halogens is 1. The third-order valence-corrected chi connectivity index (χ3v) is 4.29. The zero-order chi connectivity index (χ0) is 13.8. The zero-order valence-corrected chi connectivity index (χ0v) is 12.0. The van der Waals surface area contributed by atoms with Gasteiger partial charge in [-0.3, -0.25) is 0 Å². The summed E-state index contributed by atoms with van der Waals surface area (Å²) in [6.45, 7) is 1.83. The van der Waals surface area contributed by atoms with E-state index < -0.39 is 6.03 Å². The molecule has 3 N–H and O–H groups in total. The Kier molecular flexibility index (Phi) is 4.70. The highest BCUT2D eigenvalue weighted by Crippen LogP contribution is 2.51. The number of fused-ring (bicyclic) bond motifs is 1. The first-order chi connectivity index (χ1) is 9.08. The Morgan fingerprint density at radius 3 is 2.42 bits per heavy atom. The number of nitrogens with one attached hydrogen (secondary N) is 1. The summed E-state index contributed by atoms with van der Waals surface area (Å²) in [6, 6.07) is 6.61. The summed E-state index contributed by atoms with van der Waals surface area (Å²) in [5.74, 6) is 2.43. The van der Waals surface area contributed by atoms with Crippen molar-refractivity contribution < 1.29 is 4.79 Å². The molecule has 0 saturated heterocycles. The Morgan fingerprint density at radius 1 is 1.37 bits per heavy atom. The predicted octanol–water partition coefficient (Wildman–Crippen LogP) is 3.88. The van der Waals surface area contributed by atoms with Gasteiger partial charge in [0.15, 0.2) is 0 Å². The van der Waals surface area contributed by atoms with E-state index in [2.05, 4.69) is 5.32 Å². The van der Waals surface area contributed by atoms with Gasteiger partial charge in [-0.25, -0.2) is 4.79 Å². The van der Waals surface area contributed by atoms with Crippen molar-refractivity contribution >= 4 is 17.6 Å². The standard InChI is InChI=1S/C9H11ClN2O.C6H10/c1-6(12-9(11)13)7-4-2-3-5-8(7)10;1-2-5-4-6(5)3-1/h2-6H,1H3,(H3,11,12,13);5-6H,1-4H2. The summed E-state index contributed by atoms with van der Waals surface area (Å²) in [4.78, 5) is 10.6. The Labute approximate surface area is 119 Å². The highest BCUT2D eigenvalue weighted by molar-refractivity contribution is 6.31. The number of benzene rings is 1. The molecule has 0 radical (unpaired) electrons. The molecule has 3 nitrogen and oxygen atoms in total. The SMILES string of the molecule is C1CC2CC2C1.CC(NC(N)=O)c1ccccc1Cl. The lowest BCUT2D eigenvalue weighted by molar-refractivity contribution is 0.246. The minimum atomic E-state index is -0.549. The molecule has 2 aliphatic carbocycles. The topological polar surface area (TPSA) is 55.1 Å². The molecule has 2 saturated carbocycles. The van der Waals surface area contributed by atoms with Gasteiger partial charge in [0.1, 0.15) is 0 Å². The van der Waals surface area contributed by atoms with Crippen molar-refractivity contribution in [2.24, 2.45) is 17.6 Å². The first-order valence-corrected chi connectivity index (χ1v) is 7.26. The van der Waals surface area contributed by atoms with Crippen molar-refractivity contribution in [3.8, 4) is 0 Å². The number of primary amides is 1. The maximum atomic E-state index is 10.6. The molecule has 3 rings (SSSR count). The van der Waals surface area contributed by atoms with Crippen LogP contribution in [-0.4, -0.2) is 6.03 Å². The second kappa shape index (κ2) is 6.29. The smallest absolute Gasteiger partial charge is 0.312 e. The first kappa shape index (κ1) is 14.2. The van der Waals surface area contributed by atoms with Crippen molar-refractivity contribution in [3.05, 3.63) is 34.9 Å². The second-order valence-corrected chi connectivity index (χ2v) is 5.85. The van der Waals surface area contributed by atoms with Crippen LogP contribution in [0, 0.1) is 11.8 Å². The quantitative estimate of drug-likeness (QED) is 0.849. The van der Waals surface area contributed by atoms with E-state index in [-0.39, 0.29) is 6.04 Å². The third-order valence-electron chi connectivity index (χ3n) is 3.95. The Bertz CT molecular complexity index is 442. The van der Waals surface area contributed by atoms with Gasteiger partial charge < -0.3 is 11.1 Å². The molecule has 0 spiro atoms. The molecular formula is C15H21ClN2O. The molecule has 1 aromatic carbocycles. The minimum Gasteiger partial charge on any atom is -0.352 e. The number of hydrogen-bond donors (Lipinski definition) is 2. The zero-order valence-electron chi connectivity index (χ0n) is 11.2. The number of nitrogens with two attached hydrogens (primary N) is 1. The molecular weight excluding hydrogens is 260 g/mol. The summed E-state index contributed by atoms with van der Waals surface area (Å²) >= 11 is 5.91. The van der Waals surface area contributed by atoms with Crippen LogP contribution in [0.5, 0.6) is 0 Å². The van der Waals surface area contributed by atoms with Crippen molar-refractivity contribution in [1.29, 1.82) is 0 Å². The van der Waals surface area contributed by atoms with Crippen LogP contribution in [-0.2, 0) is 0 Å². The molecule has 0 aromatic heterocycles. The van der Waals surface area contributed by atoms with Crippen LogP contribution in [0.3, 0.4) is 0 Å². The van der Waals surface area contributed by atoms with Gasteiger partial charge in [-0.2, -0.15) is 0 Å². The third kappa shape index (κ3) is 4.13. The fourth-order valence-corrected chi connectivity index (χ4v) is 3.08. The fraction of sp³-hybridized carbons (Fsp3) is 0.533. The van der Waals surface area contributed by atoms with Gasteiger partial charge >= 0.3 is 6.03 Å². The van der Waals surface area contributed by atoms with E-state index in [1.165, 1.54) is 18.3 Å². The molecule has 2 fully saturated rings. The molecule has 0 heterocycles. The van der Waals surface area contributed by atoms with Crippen LogP contribution >= 0.6 is 11.6 Å². The average molecular weight is 281 g/mol. The van der Waals surface area contributed by atoms with Gasteiger partial charge in [-0.1, -0.05) is 49.1 Å². The van der Waals surface area contributed by atoms with Crippen LogP contribution in [0.4, 0.5) is 4.79 Å². The molecule has 4 heteroatoms. The number of amides is 2. The van der Waals surface area contributed by atoms with Crippen LogP contribution in [0.2, 0.25) is 5.02 Å². The lowest BCUT2D eigenvalue weighted by atomic mass is 10.1. The molecule has 2 amide bonds. The molecule has 3 atom stereocenters. The maximum Gasteiger partial charge on any atom is 0.312 e. The minimum absolute atomic E-state index is 0.161. The van der Waals surface area contributed by atoms with Gasteiger partial charge in [0.2, 0.25) is 0 Å². The molecule has 0 aliphatic heterocycles. The second-order valence-electron chi connectivity index (χ2n) is 5.44. The highest BCUT2D eigenvalue weighted by Gasteiger charge is 2.40. The van der Waals surface area contributed by atoms with Crippen LogP contribution in [0.1, 0.15) is 44.2 Å². The predicted molar refractivity (Wildman–Crippen MR) is 78.0 cm³/mol. The Morgan fingerprint density at radius 2 is 2.00 bits per heavy atom. The number of carbonyl (C=O) groups excluding carboxylic acids is 1. The van der Waals surface area contributed by atoms with E-state index in [0.29, 0.717) is 5.02 Å². The largest absolute Gasteiger partial charge is 0.352 e. The molecule has 1 aromatic rings. The Balaban J connectivity index is 0.000000180. The molecule has 2 aliphatic rings.